The molecule has 252 valence electrons. The van der Waals surface area contributed by atoms with E-state index in [1.54, 1.807) is 17.1 Å². The molecule has 0 bridgehead atoms. The van der Waals surface area contributed by atoms with Crippen LogP contribution in [0.3, 0.4) is 0 Å². The molecule has 13 heteroatoms. The Bertz CT molecular complexity index is 1150. The summed E-state index contributed by atoms with van der Waals surface area (Å²) >= 11 is 0. The summed E-state index contributed by atoms with van der Waals surface area (Å²) in [6.07, 6.45) is 9.49. The van der Waals surface area contributed by atoms with Gasteiger partial charge in [0.2, 0.25) is 17.7 Å². The Balaban J connectivity index is 0.000000821. The topological polar surface area (TPSA) is 131 Å². The third-order valence-electron chi connectivity index (χ3n) is 8.73. The number of hydrogen-bond donors (Lipinski definition) is 4. The normalized spacial score (nSPS) is 19.1. The lowest BCUT2D eigenvalue weighted by Gasteiger charge is -2.34. The molecule has 1 heterocycles. The summed E-state index contributed by atoms with van der Waals surface area (Å²) < 4.78 is 43.6. The quantitative estimate of drug-likeness (QED) is 0.311. The van der Waals surface area contributed by atoms with Gasteiger partial charge in [-0.2, -0.15) is 8.78 Å². The van der Waals surface area contributed by atoms with Gasteiger partial charge in [-0.05, 0) is 37.6 Å². The number of nitrogens with zero attached hydrogens (tertiary/aromatic N) is 2. The summed E-state index contributed by atoms with van der Waals surface area (Å²) in [7, 11) is 1.95. The van der Waals surface area contributed by atoms with Gasteiger partial charge in [-0.25, -0.2) is 4.39 Å². The van der Waals surface area contributed by atoms with Crippen LogP contribution in [0.1, 0.15) is 83.1 Å². The van der Waals surface area contributed by atoms with Crippen LogP contribution < -0.4 is 16.0 Å². The number of anilines is 1. The van der Waals surface area contributed by atoms with E-state index < -0.39 is 41.7 Å². The van der Waals surface area contributed by atoms with Crippen LogP contribution in [-0.4, -0.2) is 95.9 Å². The van der Waals surface area contributed by atoms with E-state index in [0.717, 1.165) is 6.07 Å². The van der Waals surface area contributed by atoms with Gasteiger partial charge in [-0.3, -0.25) is 19.2 Å². The standard InChI is InChI=1S/C26H36F3N5O5.C6H12/c1-3-21(35)32-20(23(37)34-12-10-33(2)11-13-34)15-17-6-7-19(18(27)14-17)31-22(36)16-30-24(38)26(28,29)25(39)8-4-5-9-25;1-2-4-6-5-3-1/h6-7,14,20,39H,3-5,8-13,15-16H2,1-2H3,(H,30,38)(H,31,36)(H,32,35);1-6H2. The maximum atomic E-state index is 14.8. The first-order valence-corrected chi connectivity index (χ1v) is 16.1. The van der Waals surface area contributed by atoms with Crippen molar-refractivity contribution in [3.05, 3.63) is 29.6 Å². The number of amides is 4. The average molecular weight is 640 g/mol. The van der Waals surface area contributed by atoms with Crippen LogP contribution >= 0.6 is 0 Å². The molecule has 1 aromatic carbocycles. The maximum absolute atomic E-state index is 14.8. The number of aliphatic hydroxyl groups is 1. The van der Waals surface area contributed by atoms with Gasteiger partial charge in [-0.1, -0.05) is 64.4 Å². The van der Waals surface area contributed by atoms with Gasteiger partial charge >= 0.3 is 5.92 Å². The van der Waals surface area contributed by atoms with Gasteiger partial charge in [0, 0.05) is 39.0 Å². The van der Waals surface area contributed by atoms with Crippen LogP contribution in [-0.2, 0) is 25.6 Å². The fourth-order valence-corrected chi connectivity index (χ4v) is 5.78. The van der Waals surface area contributed by atoms with Crippen LogP contribution in [0.25, 0.3) is 0 Å². The van der Waals surface area contributed by atoms with Gasteiger partial charge in [0.25, 0.3) is 5.91 Å². The van der Waals surface area contributed by atoms with Crippen molar-refractivity contribution >= 4 is 29.3 Å². The SMILES string of the molecule is C1CCCCC1.CCC(=O)NC(Cc1ccc(NC(=O)CNC(=O)C(F)(F)C2(O)CCCC2)c(F)c1)C(=O)N1CCN(C)CC1. The summed E-state index contributed by atoms with van der Waals surface area (Å²) in [5, 5.41) is 16.8. The lowest BCUT2D eigenvalue weighted by molar-refractivity contribution is -0.190. The van der Waals surface area contributed by atoms with E-state index in [1.165, 1.54) is 50.7 Å². The second-order valence-corrected chi connectivity index (χ2v) is 12.3. The second kappa shape index (κ2) is 16.9. The van der Waals surface area contributed by atoms with Crippen molar-refractivity contribution in [2.75, 3.05) is 45.1 Å². The Kier molecular flexibility index (Phi) is 13.6. The predicted octanol–water partition coefficient (Wildman–Crippen LogP) is 3.37. The van der Waals surface area contributed by atoms with Crippen molar-refractivity contribution < 1.29 is 37.5 Å². The summed E-state index contributed by atoms with van der Waals surface area (Å²) in [4.78, 5) is 53.1. The van der Waals surface area contributed by atoms with Crippen LogP contribution in [0.15, 0.2) is 18.2 Å². The first-order valence-electron chi connectivity index (χ1n) is 16.1. The minimum Gasteiger partial charge on any atom is -0.383 e. The molecule has 3 fully saturated rings. The maximum Gasteiger partial charge on any atom is 0.352 e. The molecule has 2 aliphatic carbocycles. The predicted molar refractivity (Wildman–Crippen MR) is 164 cm³/mol. The van der Waals surface area contributed by atoms with E-state index in [-0.39, 0.29) is 43.2 Å². The Morgan fingerprint density at radius 2 is 1.51 bits per heavy atom. The van der Waals surface area contributed by atoms with Crippen molar-refractivity contribution in [1.82, 2.24) is 20.4 Å². The van der Waals surface area contributed by atoms with Gasteiger partial charge < -0.3 is 30.9 Å². The summed E-state index contributed by atoms with van der Waals surface area (Å²) in [6.45, 7) is 3.22. The highest BCUT2D eigenvalue weighted by Gasteiger charge is 2.59. The molecule has 1 saturated heterocycles. The first kappa shape index (κ1) is 36.3. The molecular formula is C32H48F3N5O5. The fraction of sp³-hybridized carbons (Fsp3) is 0.688. The van der Waals surface area contributed by atoms with Crippen molar-refractivity contribution in [1.29, 1.82) is 0 Å². The monoisotopic (exact) mass is 639 g/mol. The van der Waals surface area contributed by atoms with Crippen molar-refractivity contribution in [3.8, 4) is 0 Å². The zero-order valence-corrected chi connectivity index (χ0v) is 26.4. The van der Waals surface area contributed by atoms with Crippen LogP contribution in [0.2, 0.25) is 0 Å². The third kappa shape index (κ3) is 10.4. The molecule has 1 unspecified atom stereocenters. The molecule has 0 aromatic heterocycles. The number of carbonyl (C=O) groups is 4. The number of carbonyl (C=O) groups excluding carboxylic acids is 4. The number of nitrogens with one attached hydrogen (secondary N) is 3. The Hall–Kier alpha value is -3.19. The molecular weight excluding hydrogens is 591 g/mol. The van der Waals surface area contributed by atoms with E-state index in [2.05, 4.69) is 15.5 Å². The summed E-state index contributed by atoms with van der Waals surface area (Å²) in [6, 6.07) is 2.94. The minimum absolute atomic E-state index is 0.0239. The lowest BCUT2D eigenvalue weighted by atomic mass is 9.93. The number of halogens is 3. The lowest BCUT2D eigenvalue weighted by Crippen LogP contribution is -2.56. The van der Waals surface area contributed by atoms with Gasteiger partial charge in [-0.15, -0.1) is 0 Å². The molecule has 1 aromatic rings. The third-order valence-corrected chi connectivity index (χ3v) is 8.73. The zero-order valence-electron chi connectivity index (χ0n) is 26.4. The molecule has 4 N–H and O–H groups in total. The van der Waals surface area contributed by atoms with E-state index in [9.17, 15) is 37.5 Å². The first-order chi connectivity index (χ1) is 21.4. The fourth-order valence-electron chi connectivity index (χ4n) is 5.78. The molecule has 4 amide bonds. The molecule has 4 rings (SSSR count). The van der Waals surface area contributed by atoms with E-state index in [4.69, 9.17) is 0 Å². The van der Waals surface area contributed by atoms with Crippen LogP contribution in [0.5, 0.6) is 0 Å². The molecule has 2 saturated carbocycles. The molecule has 0 spiro atoms. The molecule has 1 atom stereocenters. The molecule has 3 aliphatic rings. The Morgan fingerprint density at radius 3 is 2.04 bits per heavy atom. The Labute approximate surface area is 263 Å². The largest absolute Gasteiger partial charge is 0.383 e. The molecule has 45 heavy (non-hydrogen) atoms. The number of rotatable bonds is 10. The smallest absolute Gasteiger partial charge is 0.352 e. The number of alkyl halides is 2. The van der Waals surface area contributed by atoms with Gasteiger partial charge in [0.1, 0.15) is 17.5 Å². The minimum atomic E-state index is -4.07. The van der Waals surface area contributed by atoms with E-state index in [1.807, 2.05) is 7.05 Å². The highest BCUT2D eigenvalue weighted by Crippen LogP contribution is 2.42. The van der Waals surface area contributed by atoms with Crippen molar-refractivity contribution in [2.24, 2.45) is 0 Å². The number of benzene rings is 1. The molecule has 10 nitrogen and oxygen atoms in total. The molecule has 1 aliphatic heterocycles. The van der Waals surface area contributed by atoms with Gasteiger partial charge in [0.05, 0.1) is 12.2 Å². The second-order valence-electron chi connectivity index (χ2n) is 12.3. The number of hydrogen-bond acceptors (Lipinski definition) is 6. The summed E-state index contributed by atoms with van der Waals surface area (Å²) in [5.74, 6) is -8.21. The summed E-state index contributed by atoms with van der Waals surface area (Å²) in [5.41, 5.74) is -2.30. The van der Waals surface area contributed by atoms with Crippen molar-refractivity contribution in [3.63, 3.8) is 0 Å². The van der Waals surface area contributed by atoms with Crippen LogP contribution in [0.4, 0.5) is 18.9 Å². The highest BCUT2D eigenvalue weighted by atomic mass is 19.3. The van der Waals surface area contributed by atoms with E-state index in [0.29, 0.717) is 44.6 Å². The van der Waals surface area contributed by atoms with Gasteiger partial charge in [0.15, 0.2) is 0 Å². The van der Waals surface area contributed by atoms with E-state index >= 15 is 0 Å². The molecule has 0 radical (unpaired) electrons. The van der Waals surface area contributed by atoms with Crippen LogP contribution in [0, 0.1) is 5.82 Å². The van der Waals surface area contributed by atoms with Crippen molar-refractivity contribution in [2.45, 2.75) is 102 Å². The Morgan fingerprint density at radius 1 is 0.933 bits per heavy atom. The number of likely N-dealkylation sites (N-methyl/N-ethyl adjacent to an activating group) is 1. The average Bonchev–Trinajstić information content (AvgIpc) is 3.50. The number of piperazine rings is 1. The zero-order chi connectivity index (χ0) is 33.0. The highest BCUT2D eigenvalue weighted by molar-refractivity contribution is 5.96.